The summed E-state index contributed by atoms with van der Waals surface area (Å²) in [4.78, 5) is 40.2. The Balaban J connectivity index is 1.53. The van der Waals surface area contributed by atoms with Gasteiger partial charge >= 0.3 is 5.76 Å². The van der Waals surface area contributed by atoms with Crippen molar-refractivity contribution < 1.29 is 14.0 Å². The van der Waals surface area contributed by atoms with Crippen molar-refractivity contribution in [2.45, 2.75) is 46.7 Å². The molecule has 0 radical (unpaired) electrons. The predicted octanol–water partition coefficient (Wildman–Crippen LogP) is 3.19. The number of fused-ring (bicyclic) bond motifs is 2. The molecule has 9 nitrogen and oxygen atoms in total. The predicted molar refractivity (Wildman–Crippen MR) is 144 cm³/mol. The van der Waals surface area contributed by atoms with Crippen LogP contribution >= 0.6 is 0 Å². The first kappa shape index (κ1) is 26.5. The van der Waals surface area contributed by atoms with Crippen LogP contribution in [0.25, 0.3) is 11.1 Å². The molecule has 2 aromatic carbocycles. The number of amides is 2. The third-order valence-electron chi connectivity index (χ3n) is 7.00. The molecule has 0 fully saturated rings. The van der Waals surface area contributed by atoms with E-state index in [0.717, 1.165) is 18.4 Å². The van der Waals surface area contributed by atoms with Crippen LogP contribution in [0.15, 0.2) is 45.6 Å². The summed E-state index contributed by atoms with van der Waals surface area (Å²) in [5.41, 5.74) is 5.04. The van der Waals surface area contributed by atoms with Gasteiger partial charge in [-0.1, -0.05) is 38.1 Å². The Kier molecular flexibility index (Phi) is 8.02. The second-order valence-electron chi connectivity index (χ2n) is 10.3. The normalized spacial score (nSPS) is 13.2. The van der Waals surface area contributed by atoms with Gasteiger partial charge in [-0.2, -0.15) is 0 Å². The molecule has 198 valence electrons. The van der Waals surface area contributed by atoms with E-state index in [1.165, 1.54) is 15.7 Å². The van der Waals surface area contributed by atoms with Gasteiger partial charge in [-0.15, -0.1) is 0 Å². The molecule has 0 spiro atoms. The van der Waals surface area contributed by atoms with Crippen molar-refractivity contribution in [1.29, 1.82) is 0 Å². The van der Waals surface area contributed by atoms with E-state index in [2.05, 4.69) is 31.3 Å². The van der Waals surface area contributed by atoms with Gasteiger partial charge in [-0.3, -0.25) is 19.2 Å². The van der Waals surface area contributed by atoms with E-state index in [-0.39, 0.29) is 24.9 Å². The van der Waals surface area contributed by atoms with E-state index in [0.29, 0.717) is 42.3 Å². The fourth-order valence-electron chi connectivity index (χ4n) is 4.75. The van der Waals surface area contributed by atoms with E-state index in [1.54, 1.807) is 30.1 Å². The number of benzene rings is 2. The number of anilines is 1. The van der Waals surface area contributed by atoms with Gasteiger partial charge in [0, 0.05) is 45.5 Å². The van der Waals surface area contributed by atoms with Crippen LogP contribution in [0.3, 0.4) is 0 Å². The molecule has 0 saturated heterocycles. The SMILES string of the molecule is Cc1cc2c(cc1N(CC(=O)NCCCC(C)C)CC(=O)N(C)N1Cc3ccccc3C1)oc(=O)n2C. The number of carbonyl (C=O) groups is 2. The zero-order chi connectivity index (χ0) is 26.7. The van der Waals surface area contributed by atoms with Crippen LogP contribution in [0.5, 0.6) is 0 Å². The van der Waals surface area contributed by atoms with Crippen LogP contribution in [0.2, 0.25) is 0 Å². The quantitative estimate of drug-likeness (QED) is 0.424. The van der Waals surface area contributed by atoms with Gasteiger partial charge in [0.05, 0.1) is 18.6 Å². The number of rotatable bonds is 10. The van der Waals surface area contributed by atoms with Crippen molar-refractivity contribution >= 4 is 28.6 Å². The van der Waals surface area contributed by atoms with Gasteiger partial charge in [-0.25, -0.2) is 9.80 Å². The molecule has 2 amide bonds. The summed E-state index contributed by atoms with van der Waals surface area (Å²) in [5.74, 6) is -0.158. The van der Waals surface area contributed by atoms with Crippen LogP contribution < -0.4 is 16.0 Å². The minimum Gasteiger partial charge on any atom is -0.408 e. The summed E-state index contributed by atoms with van der Waals surface area (Å²) in [6.07, 6.45) is 1.94. The fraction of sp³-hybridized carbons (Fsp3) is 0.464. The highest BCUT2D eigenvalue weighted by Crippen LogP contribution is 2.27. The lowest BCUT2D eigenvalue weighted by atomic mass is 10.1. The zero-order valence-electron chi connectivity index (χ0n) is 22.4. The molecule has 0 unspecified atom stereocenters. The minimum atomic E-state index is -0.453. The molecular weight excluding hydrogens is 470 g/mol. The van der Waals surface area contributed by atoms with Gasteiger partial charge in [-0.05, 0) is 48.4 Å². The minimum absolute atomic E-state index is 0.00612. The average molecular weight is 508 g/mol. The molecule has 0 bridgehead atoms. The number of oxazole rings is 1. The molecule has 0 aliphatic carbocycles. The maximum absolute atomic E-state index is 13.4. The number of hydrazine groups is 1. The van der Waals surface area contributed by atoms with Gasteiger partial charge in [0.1, 0.15) is 0 Å². The van der Waals surface area contributed by atoms with Crippen molar-refractivity contribution in [2.75, 3.05) is 31.6 Å². The van der Waals surface area contributed by atoms with Crippen LogP contribution in [-0.2, 0) is 29.7 Å². The smallest absolute Gasteiger partial charge is 0.408 e. The maximum Gasteiger partial charge on any atom is 0.419 e. The summed E-state index contributed by atoms with van der Waals surface area (Å²) in [6.45, 7) is 8.17. The van der Waals surface area contributed by atoms with Crippen LogP contribution in [0, 0.1) is 12.8 Å². The van der Waals surface area contributed by atoms with Crippen LogP contribution in [-0.4, -0.2) is 53.1 Å². The monoisotopic (exact) mass is 507 g/mol. The summed E-state index contributed by atoms with van der Waals surface area (Å²) in [7, 11) is 3.42. The Labute approximate surface area is 217 Å². The lowest BCUT2D eigenvalue weighted by molar-refractivity contribution is -0.145. The summed E-state index contributed by atoms with van der Waals surface area (Å²) in [6, 6.07) is 11.8. The Hall–Kier alpha value is -3.59. The largest absolute Gasteiger partial charge is 0.419 e. The molecular formula is C28H37N5O4. The van der Waals surface area contributed by atoms with Gasteiger partial charge in [0.15, 0.2) is 5.58 Å². The zero-order valence-corrected chi connectivity index (χ0v) is 22.4. The van der Waals surface area contributed by atoms with Crippen molar-refractivity contribution in [3.63, 3.8) is 0 Å². The molecule has 1 N–H and O–H groups in total. The number of hydrogen-bond acceptors (Lipinski definition) is 6. The lowest BCUT2D eigenvalue weighted by Gasteiger charge is -2.32. The number of nitrogens with zero attached hydrogens (tertiary/aromatic N) is 4. The molecule has 1 aliphatic rings. The molecule has 9 heteroatoms. The topological polar surface area (TPSA) is 91.0 Å². The van der Waals surface area contributed by atoms with Crippen molar-refractivity contribution in [2.24, 2.45) is 13.0 Å². The Morgan fingerprint density at radius 2 is 1.78 bits per heavy atom. The second kappa shape index (κ2) is 11.2. The van der Waals surface area contributed by atoms with E-state index >= 15 is 0 Å². The number of likely N-dealkylation sites (N-methyl/N-ethyl adjacent to an activating group) is 1. The van der Waals surface area contributed by atoms with E-state index < -0.39 is 5.76 Å². The number of aryl methyl sites for hydroxylation is 2. The number of nitrogens with one attached hydrogen (secondary N) is 1. The van der Waals surface area contributed by atoms with Gasteiger partial charge < -0.3 is 14.6 Å². The fourth-order valence-corrected chi connectivity index (χ4v) is 4.75. The summed E-state index contributed by atoms with van der Waals surface area (Å²) >= 11 is 0. The molecule has 1 aromatic heterocycles. The Bertz CT molecular complexity index is 1320. The average Bonchev–Trinajstić information content (AvgIpc) is 3.41. The molecule has 0 saturated carbocycles. The van der Waals surface area contributed by atoms with Crippen molar-refractivity contribution in [3.8, 4) is 0 Å². The molecule has 37 heavy (non-hydrogen) atoms. The molecule has 4 rings (SSSR count). The molecule has 3 aromatic rings. The first-order chi connectivity index (χ1) is 17.6. The molecule has 1 aliphatic heterocycles. The van der Waals surface area contributed by atoms with Crippen LogP contribution in [0.1, 0.15) is 43.4 Å². The maximum atomic E-state index is 13.4. The number of carbonyl (C=O) groups excluding carboxylic acids is 2. The number of hydrogen-bond donors (Lipinski definition) is 1. The molecule has 0 atom stereocenters. The van der Waals surface area contributed by atoms with Crippen molar-refractivity contribution in [3.05, 3.63) is 63.6 Å². The highest BCUT2D eigenvalue weighted by molar-refractivity contribution is 5.89. The highest BCUT2D eigenvalue weighted by atomic mass is 16.4. The van der Waals surface area contributed by atoms with E-state index in [1.807, 2.05) is 30.1 Å². The van der Waals surface area contributed by atoms with Gasteiger partial charge in [0.2, 0.25) is 5.91 Å². The third kappa shape index (κ3) is 6.05. The van der Waals surface area contributed by atoms with Crippen LogP contribution in [0.4, 0.5) is 5.69 Å². The second-order valence-corrected chi connectivity index (χ2v) is 10.3. The first-order valence-corrected chi connectivity index (χ1v) is 12.8. The summed E-state index contributed by atoms with van der Waals surface area (Å²) < 4.78 is 6.84. The van der Waals surface area contributed by atoms with Crippen molar-refractivity contribution in [1.82, 2.24) is 19.9 Å². The Morgan fingerprint density at radius 3 is 2.43 bits per heavy atom. The lowest BCUT2D eigenvalue weighted by Crippen LogP contribution is -2.48. The summed E-state index contributed by atoms with van der Waals surface area (Å²) in [5, 5.41) is 6.63. The highest BCUT2D eigenvalue weighted by Gasteiger charge is 2.27. The number of aromatic nitrogens is 1. The third-order valence-corrected chi connectivity index (χ3v) is 7.00. The first-order valence-electron chi connectivity index (χ1n) is 12.8. The van der Waals surface area contributed by atoms with E-state index in [9.17, 15) is 14.4 Å². The van der Waals surface area contributed by atoms with E-state index in [4.69, 9.17) is 4.42 Å². The molecule has 2 heterocycles. The standard InChI is InChI=1S/C28H37N5O4/c1-19(2)9-8-12-29-26(34)17-32(23-14-25-24(13-20(23)3)30(4)28(36)37-25)18-27(35)31(5)33-15-21-10-6-7-11-22(21)16-33/h6-7,10-11,13-14,19H,8-9,12,15-18H2,1-5H3,(H,29,34). The Morgan fingerprint density at radius 1 is 1.11 bits per heavy atom. The van der Waals surface area contributed by atoms with Gasteiger partial charge in [0.25, 0.3) is 5.91 Å².